The Morgan fingerprint density at radius 1 is 0.446 bits per heavy atom. The van der Waals surface area contributed by atoms with Crippen LogP contribution < -0.4 is 4.90 Å². The van der Waals surface area contributed by atoms with Crippen molar-refractivity contribution in [3.63, 3.8) is 0 Å². The topological polar surface area (TPSA) is 3.24 Å². The molecule has 0 atom stereocenters. The molecule has 12 rings (SSSR count). The molecule has 0 radical (unpaired) electrons. The van der Waals surface area contributed by atoms with Crippen molar-refractivity contribution < 1.29 is 0 Å². The molecule has 0 heterocycles. The minimum atomic E-state index is -0.469. The maximum Gasteiger partial charge on any atom is 0.0726 e. The summed E-state index contributed by atoms with van der Waals surface area (Å²) in [4.78, 5) is 2.70. The van der Waals surface area contributed by atoms with E-state index in [0.717, 1.165) is 19.3 Å². The molecule has 0 saturated heterocycles. The fourth-order valence-corrected chi connectivity index (χ4v) is 12.9. The van der Waals surface area contributed by atoms with Crippen LogP contribution in [-0.4, -0.2) is 0 Å². The smallest absolute Gasteiger partial charge is 0.0726 e. The third kappa shape index (κ3) is 5.90. The molecule has 0 saturated carbocycles. The second-order valence-corrected chi connectivity index (χ2v) is 21.0. The molecule has 0 N–H and O–H groups in total. The first-order chi connectivity index (χ1) is 31.6. The van der Waals surface area contributed by atoms with Gasteiger partial charge in [0.1, 0.15) is 0 Å². The lowest BCUT2D eigenvalue weighted by Crippen LogP contribution is -2.35. The van der Waals surface area contributed by atoms with E-state index < -0.39 is 5.41 Å². The summed E-state index contributed by atoms with van der Waals surface area (Å²) in [7, 11) is 0. The fourth-order valence-electron chi connectivity index (χ4n) is 12.9. The minimum absolute atomic E-state index is 0.0160. The van der Waals surface area contributed by atoms with Gasteiger partial charge in [-0.25, -0.2) is 0 Å². The van der Waals surface area contributed by atoms with Crippen molar-refractivity contribution in [2.75, 3.05) is 4.90 Å². The predicted octanol–water partition coefficient (Wildman–Crippen LogP) is 17.2. The average Bonchev–Trinajstić information content (AvgIpc) is 3.80. The Morgan fingerprint density at radius 2 is 1.03 bits per heavy atom. The van der Waals surface area contributed by atoms with Crippen LogP contribution in [0.3, 0.4) is 0 Å². The molecule has 0 fully saturated rings. The Morgan fingerprint density at radius 3 is 1.69 bits per heavy atom. The van der Waals surface area contributed by atoms with E-state index in [1.165, 1.54) is 131 Å². The van der Waals surface area contributed by atoms with Gasteiger partial charge in [0.05, 0.1) is 11.1 Å². The largest absolute Gasteiger partial charge is 0.310 e. The van der Waals surface area contributed by atoms with E-state index in [4.69, 9.17) is 0 Å². The van der Waals surface area contributed by atoms with E-state index in [1.807, 2.05) is 0 Å². The van der Waals surface area contributed by atoms with Gasteiger partial charge in [0, 0.05) is 16.9 Å². The number of hydrogen-bond donors (Lipinski definition) is 0. The van der Waals surface area contributed by atoms with Gasteiger partial charge in [0.25, 0.3) is 0 Å². The van der Waals surface area contributed by atoms with Gasteiger partial charge < -0.3 is 4.90 Å². The molecule has 4 aliphatic rings. The first-order valence-electron chi connectivity index (χ1n) is 24.3. The van der Waals surface area contributed by atoms with Crippen LogP contribution in [0.2, 0.25) is 0 Å². The number of benzene rings is 8. The summed E-state index contributed by atoms with van der Waals surface area (Å²) in [6, 6.07) is 65.7. The zero-order valence-electron chi connectivity index (χ0n) is 38.9. The van der Waals surface area contributed by atoms with Gasteiger partial charge >= 0.3 is 0 Å². The fraction of sp³-hybridized carbons (Fsp3) is 0.250. The number of fused-ring (bicyclic) bond motifs is 12. The normalized spacial score (nSPS) is 16.6. The zero-order chi connectivity index (χ0) is 44.2. The van der Waals surface area contributed by atoms with Crippen LogP contribution >= 0.6 is 0 Å². The monoisotopic (exact) mass is 841 g/mol. The highest BCUT2D eigenvalue weighted by Crippen LogP contribution is 2.65. The molecule has 8 aromatic rings. The maximum absolute atomic E-state index is 2.70. The summed E-state index contributed by atoms with van der Waals surface area (Å²) < 4.78 is 0. The first-order valence-corrected chi connectivity index (χ1v) is 24.3. The van der Waals surface area contributed by atoms with Crippen molar-refractivity contribution in [2.45, 2.75) is 102 Å². The molecular weight excluding hydrogens is 783 g/mol. The minimum Gasteiger partial charge on any atom is -0.310 e. The summed E-state index contributed by atoms with van der Waals surface area (Å²) in [5.74, 6) is 0.326. The van der Waals surface area contributed by atoms with E-state index in [9.17, 15) is 0 Å². The Bertz CT molecular complexity index is 3130. The third-order valence-corrected chi connectivity index (χ3v) is 16.1. The van der Waals surface area contributed by atoms with E-state index in [-0.39, 0.29) is 10.8 Å². The molecule has 65 heavy (non-hydrogen) atoms. The summed E-state index contributed by atoms with van der Waals surface area (Å²) in [6.45, 7) is 14.8. The van der Waals surface area contributed by atoms with Crippen molar-refractivity contribution in [3.8, 4) is 44.5 Å². The lowest BCUT2D eigenvalue weighted by atomic mass is 9.60. The molecule has 1 spiro atoms. The number of anilines is 3. The second kappa shape index (κ2) is 14.8. The van der Waals surface area contributed by atoms with Crippen LogP contribution in [0.5, 0.6) is 0 Å². The standard InChI is InChI=1S/C64H59N/c1-41(2)46-35-36-56-61(63(5,6)38-37-62(56,3)4)60(46)52-39-51-50-26-14-17-29-55(50)64(53-27-15-12-24-48(53)49-25-13-16-28-54(49)64)57(51)40-59(52)65(58-30-18-22-44-21-10-11-23-47(44)58)45-33-31-43(32-34-45)42-19-8-7-9-20-42/h7-9,12-20,22,24-36,39-41H,10-11,21,23,37-38H2,1-6H3. The summed E-state index contributed by atoms with van der Waals surface area (Å²) in [5.41, 5.74) is 26.9. The van der Waals surface area contributed by atoms with Crippen molar-refractivity contribution in [1.82, 2.24) is 0 Å². The van der Waals surface area contributed by atoms with Crippen LogP contribution in [0.1, 0.15) is 123 Å². The van der Waals surface area contributed by atoms with Gasteiger partial charge in [0.15, 0.2) is 0 Å². The highest BCUT2D eigenvalue weighted by molar-refractivity contribution is 6.01. The Balaban J connectivity index is 1.25. The molecule has 1 nitrogen and oxygen atoms in total. The SMILES string of the molecule is CC(C)c1ccc2c(c1-c1cc3c(cc1N(c1ccc(-c4ccccc4)cc1)c1cccc4c1CCCC4)C1(c4ccccc4-c4ccccc41)c1ccccc1-3)C(C)(C)CCC2(C)C. The third-order valence-electron chi connectivity index (χ3n) is 16.1. The molecule has 0 bridgehead atoms. The molecule has 0 unspecified atom stereocenters. The van der Waals surface area contributed by atoms with Gasteiger partial charge in [-0.15, -0.1) is 0 Å². The maximum atomic E-state index is 2.70. The molecule has 0 amide bonds. The second-order valence-electron chi connectivity index (χ2n) is 21.0. The molecule has 0 aliphatic heterocycles. The predicted molar refractivity (Wildman–Crippen MR) is 274 cm³/mol. The Hall–Kier alpha value is -6.44. The van der Waals surface area contributed by atoms with Crippen molar-refractivity contribution >= 4 is 17.1 Å². The van der Waals surface area contributed by atoms with Gasteiger partial charge in [0.2, 0.25) is 0 Å². The summed E-state index contributed by atoms with van der Waals surface area (Å²) in [5, 5.41) is 0. The lowest BCUT2D eigenvalue weighted by Gasteiger charge is -2.44. The van der Waals surface area contributed by atoms with Gasteiger partial charge in [-0.2, -0.15) is 0 Å². The molecular formula is C64H59N. The summed E-state index contributed by atoms with van der Waals surface area (Å²) >= 11 is 0. The Labute approximate surface area is 386 Å². The van der Waals surface area contributed by atoms with Crippen molar-refractivity contribution in [3.05, 3.63) is 220 Å². The first kappa shape index (κ1) is 40.1. The summed E-state index contributed by atoms with van der Waals surface area (Å²) in [6.07, 6.45) is 6.98. The Kier molecular flexibility index (Phi) is 9.13. The van der Waals surface area contributed by atoms with Crippen LogP contribution in [-0.2, 0) is 29.1 Å². The number of nitrogens with zero attached hydrogens (tertiary/aromatic N) is 1. The van der Waals surface area contributed by atoms with Crippen molar-refractivity contribution in [2.24, 2.45) is 0 Å². The van der Waals surface area contributed by atoms with Gasteiger partial charge in [-0.05, 0) is 175 Å². The molecule has 1 heteroatoms. The van der Waals surface area contributed by atoms with E-state index in [0.29, 0.717) is 5.92 Å². The van der Waals surface area contributed by atoms with Gasteiger partial charge in [-0.3, -0.25) is 0 Å². The van der Waals surface area contributed by atoms with E-state index in [1.54, 1.807) is 0 Å². The highest BCUT2D eigenvalue weighted by Gasteiger charge is 2.52. The van der Waals surface area contributed by atoms with E-state index in [2.05, 4.69) is 216 Å². The van der Waals surface area contributed by atoms with Crippen LogP contribution in [0.4, 0.5) is 17.1 Å². The number of hydrogen-bond acceptors (Lipinski definition) is 1. The molecule has 8 aromatic carbocycles. The highest BCUT2D eigenvalue weighted by atomic mass is 15.1. The molecule has 4 aliphatic carbocycles. The van der Waals surface area contributed by atoms with Crippen LogP contribution in [0, 0.1) is 0 Å². The average molecular weight is 842 g/mol. The van der Waals surface area contributed by atoms with E-state index >= 15 is 0 Å². The van der Waals surface area contributed by atoms with Crippen LogP contribution in [0.15, 0.2) is 170 Å². The quantitative estimate of drug-likeness (QED) is 0.161. The van der Waals surface area contributed by atoms with Crippen LogP contribution in [0.25, 0.3) is 44.5 Å². The van der Waals surface area contributed by atoms with Crippen molar-refractivity contribution in [1.29, 1.82) is 0 Å². The lowest BCUT2D eigenvalue weighted by molar-refractivity contribution is 0.332. The number of rotatable bonds is 6. The van der Waals surface area contributed by atoms with Gasteiger partial charge in [-0.1, -0.05) is 181 Å². The molecule has 0 aromatic heterocycles. The molecule has 320 valence electrons. The number of aryl methyl sites for hydroxylation is 1. The zero-order valence-corrected chi connectivity index (χ0v) is 38.9.